The van der Waals surface area contributed by atoms with E-state index in [4.69, 9.17) is 5.11 Å². The van der Waals surface area contributed by atoms with E-state index in [1.54, 1.807) is 22.9 Å². The van der Waals surface area contributed by atoms with Gasteiger partial charge in [0.2, 0.25) is 0 Å². The normalized spacial score (nSPS) is 12.6. The molecule has 0 aliphatic rings. The first kappa shape index (κ1) is 13.0. The van der Waals surface area contributed by atoms with Crippen molar-refractivity contribution in [2.24, 2.45) is 0 Å². The molecule has 0 aliphatic heterocycles. The Balaban J connectivity index is 2.03. The monoisotopic (exact) mass is 266 g/mol. The molecule has 3 nitrogen and oxygen atoms in total. The topological polar surface area (TPSA) is 45.2 Å². The van der Waals surface area contributed by atoms with Crippen LogP contribution in [-0.2, 0) is 6.54 Å². The van der Waals surface area contributed by atoms with E-state index in [0.717, 1.165) is 16.6 Å². The van der Waals surface area contributed by atoms with Crippen LogP contribution in [0.15, 0.2) is 23.7 Å². The highest BCUT2D eigenvalue weighted by Gasteiger charge is 2.12. The van der Waals surface area contributed by atoms with Crippen molar-refractivity contribution in [2.75, 3.05) is 0 Å². The number of benzene rings is 1. The molecule has 0 saturated carbocycles. The van der Waals surface area contributed by atoms with Gasteiger partial charge in [-0.1, -0.05) is 6.07 Å². The van der Waals surface area contributed by atoms with Gasteiger partial charge < -0.3 is 10.4 Å². The second kappa shape index (κ2) is 5.46. The number of aromatic nitrogens is 1. The van der Waals surface area contributed by atoms with Crippen LogP contribution in [0.5, 0.6) is 5.75 Å². The molecule has 1 unspecified atom stereocenters. The minimum atomic E-state index is -0.393. The van der Waals surface area contributed by atoms with Gasteiger partial charge in [-0.25, -0.2) is 9.37 Å². The number of aryl methyl sites for hydroxylation is 1. The first-order valence-corrected chi connectivity index (χ1v) is 6.56. The molecule has 5 heteroatoms. The number of aromatic hydroxyl groups is 1. The first-order chi connectivity index (χ1) is 8.58. The van der Waals surface area contributed by atoms with Crippen molar-refractivity contribution in [2.45, 2.75) is 26.4 Å². The number of halogens is 1. The fraction of sp³-hybridized carbons (Fsp3) is 0.308. The summed E-state index contributed by atoms with van der Waals surface area (Å²) in [5.41, 5.74) is 3.36. The number of hydrogen-bond donors (Lipinski definition) is 2. The van der Waals surface area contributed by atoms with E-state index in [2.05, 4.69) is 10.3 Å². The summed E-state index contributed by atoms with van der Waals surface area (Å²) in [5, 5.41) is 12.4. The lowest BCUT2D eigenvalue weighted by molar-refractivity contribution is 0.463. The maximum Gasteiger partial charge on any atom is 0.131 e. The zero-order valence-electron chi connectivity index (χ0n) is 10.3. The average molecular weight is 266 g/mol. The van der Waals surface area contributed by atoms with Crippen LogP contribution in [0, 0.1) is 12.7 Å². The van der Waals surface area contributed by atoms with Gasteiger partial charge in [-0.3, -0.25) is 0 Å². The Morgan fingerprint density at radius 3 is 2.89 bits per heavy atom. The Labute approximate surface area is 109 Å². The Morgan fingerprint density at radius 1 is 1.50 bits per heavy atom. The number of phenols is 1. The quantitative estimate of drug-likeness (QED) is 0.893. The molecule has 0 bridgehead atoms. The highest BCUT2D eigenvalue weighted by Crippen LogP contribution is 2.22. The van der Waals surface area contributed by atoms with Crippen LogP contribution >= 0.6 is 11.3 Å². The predicted molar refractivity (Wildman–Crippen MR) is 70.2 cm³/mol. The standard InChI is InChI=1S/C13H15FN2OS/c1-8(11-4-3-10(17)5-12(11)14)15-6-13-9(2)16-7-18-13/h3-5,7-8,15,17H,6H2,1-2H3. The van der Waals surface area contributed by atoms with Gasteiger partial charge in [0.15, 0.2) is 0 Å². The fourth-order valence-corrected chi connectivity index (χ4v) is 2.45. The third-order valence-corrected chi connectivity index (χ3v) is 3.80. The summed E-state index contributed by atoms with van der Waals surface area (Å²) < 4.78 is 13.6. The summed E-state index contributed by atoms with van der Waals surface area (Å²) >= 11 is 1.59. The van der Waals surface area contributed by atoms with Crippen molar-refractivity contribution < 1.29 is 9.50 Å². The smallest absolute Gasteiger partial charge is 0.131 e. The first-order valence-electron chi connectivity index (χ1n) is 5.68. The van der Waals surface area contributed by atoms with Crippen LogP contribution in [0.2, 0.25) is 0 Å². The van der Waals surface area contributed by atoms with Crippen LogP contribution < -0.4 is 5.32 Å². The molecule has 0 fully saturated rings. The molecule has 0 amide bonds. The summed E-state index contributed by atoms with van der Waals surface area (Å²) in [6, 6.07) is 4.11. The molecule has 0 saturated heterocycles. The molecule has 96 valence electrons. The van der Waals surface area contributed by atoms with Crippen molar-refractivity contribution >= 4 is 11.3 Å². The van der Waals surface area contributed by atoms with Gasteiger partial charge in [0, 0.05) is 29.1 Å². The van der Waals surface area contributed by atoms with E-state index in [1.807, 2.05) is 13.8 Å². The Kier molecular flexibility index (Phi) is 3.93. The van der Waals surface area contributed by atoms with E-state index in [0.29, 0.717) is 12.1 Å². The lowest BCUT2D eigenvalue weighted by Gasteiger charge is -2.14. The predicted octanol–water partition coefficient (Wildman–Crippen LogP) is 3.15. The maximum absolute atomic E-state index is 13.6. The number of rotatable bonds is 4. The summed E-state index contributed by atoms with van der Waals surface area (Å²) in [6.45, 7) is 4.52. The molecule has 1 aromatic heterocycles. The third kappa shape index (κ3) is 2.86. The molecule has 0 spiro atoms. The average Bonchev–Trinajstić information content (AvgIpc) is 2.72. The summed E-state index contributed by atoms with van der Waals surface area (Å²) in [6.07, 6.45) is 0. The van der Waals surface area contributed by atoms with Crippen molar-refractivity contribution in [1.82, 2.24) is 10.3 Å². The number of thiazole rings is 1. The highest BCUT2D eigenvalue weighted by atomic mass is 32.1. The molecule has 1 heterocycles. The summed E-state index contributed by atoms with van der Waals surface area (Å²) in [4.78, 5) is 5.32. The molecule has 2 rings (SSSR count). The van der Waals surface area contributed by atoms with Crippen LogP contribution in [0.4, 0.5) is 4.39 Å². The second-order valence-electron chi connectivity index (χ2n) is 4.17. The van der Waals surface area contributed by atoms with Crippen LogP contribution in [0.25, 0.3) is 0 Å². The van der Waals surface area contributed by atoms with Crippen LogP contribution in [0.3, 0.4) is 0 Å². The number of nitrogens with one attached hydrogen (secondary N) is 1. The molecule has 2 aromatic rings. The molecule has 1 aromatic carbocycles. The van der Waals surface area contributed by atoms with E-state index < -0.39 is 5.82 Å². The Hall–Kier alpha value is -1.46. The lowest BCUT2D eigenvalue weighted by Crippen LogP contribution is -2.19. The van der Waals surface area contributed by atoms with Crippen LogP contribution in [0.1, 0.15) is 29.1 Å². The molecular weight excluding hydrogens is 251 g/mol. The largest absolute Gasteiger partial charge is 0.508 e. The minimum Gasteiger partial charge on any atom is -0.508 e. The molecule has 2 N–H and O–H groups in total. The zero-order chi connectivity index (χ0) is 13.1. The Morgan fingerprint density at radius 2 is 2.28 bits per heavy atom. The highest BCUT2D eigenvalue weighted by molar-refractivity contribution is 7.09. The molecular formula is C13H15FN2OS. The van der Waals surface area contributed by atoms with Gasteiger partial charge in [-0.05, 0) is 19.9 Å². The molecule has 18 heavy (non-hydrogen) atoms. The number of nitrogens with zero attached hydrogens (tertiary/aromatic N) is 1. The third-order valence-electron chi connectivity index (χ3n) is 2.86. The molecule has 0 aliphatic carbocycles. The number of phenolic OH excluding ortho intramolecular Hbond substituents is 1. The van der Waals surface area contributed by atoms with Crippen molar-refractivity contribution in [1.29, 1.82) is 0 Å². The van der Waals surface area contributed by atoms with Gasteiger partial charge in [0.05, 0.1) is 11.2 Å². The minimum absolute atomic E-state index is 0.0539. The number of hydrogen-bond acceptors (Lipinski definition) is 4. The van der Waals surface area contributed by atoms with Crippen LogP contribution in [-0.4, -0.2) is 10.1 Å². The van der Waals surface area contributed by atoms with E-state index in [-0.39, 0.29) is 11.8 Å². The van der Waals surface area contributed by atoms with Crippen molar-refractivity contribution in [3.8, 4) is 5.75 Å². The van der Waals surface area contributed by atoms with Crippen molar-refractivity contribution in [3.63, 3.8) is 0 Å². The van der Waals surface area contributed by atoms with Gasteiger partial charge >= 0.3 is 0 Å². The fourth-order valence-electron chi connectivity index (χ4n) is 1.72. The summed E-state index contributed by atoms with van der Waals surface area (Å²) in [7, 11) is 0. The maximum atomic E-state index is 13.6. The SMILES string of the molecule is Cc1ncsc1CNC(C)c1ccc(O)cc1F. The Bertz CT molecular complexity index is 542. The molecule has 0 radical (unpaired) electrons. The van der Waals surface area contributed by atoms with E-state index in [9.17, 15) is 4.39 Å². The molecule has 1 atom stereocenters. The van der Waals surface area contributed by atoms with Crippen molar-refractivity contribution in [3.05, 3.63) is 45.7 Å². The van der Waals surface area contributed by atoms with Gasteiger partial charge in [0.25, 0.3) is 0 Å². The lowest BCUT2D eigenvalue weighted by atomic mass is 10.1. The van der Waals surface area contributed by atoms with E-state index in [1.165, 1.54) is 6.07 Å². The van der Waals surface area contributed by atoms with Gasteiger partial charge in [-0.2, -0.15) is 0 Å². The summed E-state index contributed by atoms with van der Waals surface area (Å²) in [5.74, 6) is -0.447. The van der Waals surface area contributed by atoms with Gasteiger partial charge in [-0.15, -0.1) is 11.3 Å². The van der Waals surface area contributed by atoms with E-state index >= 15 is 0 Å². The van der Waals surface area contributed by atoms with Gasteiger partial charge in [0.1, 0.15) is 11.6 Å². The zero-order valence-corrected chi connectivity index (χ0v) is 11.1. The second-order valence-corrected chi connectivity index (χ2v) is 5.11.